The Balaban J connectivity index is 2.15. The fourth-order valence-corrected chi connectivity index (χ4v) is 0.610. The minimum absolute atomic E-state index is 0.736. The molecule has 0 amide bonds. The van der Waals surface area contributed by atoms with Crippen LogP contribution in [0.4, 0.5) is 0 Å². The third kappa shape index (κ3) is 2.12. The fraction of sp³-hybridized carbons (Fsp3) is 0.600. The Kier molecular flexibility index (Phi) is 2.85. The van der Waals surface area contributed by atoms with Crippen LogP contribution in [-0.4, -0.2) is 28.4 Å². The van der Waals surface area contributed by atoms with Crippen LogP contribution in [0.15, 0.2) is 12.7 Å². The molecule has 0 saturated heterocycles. The zero-order chi connectivity index (χ0) is 7.23. The Morgan fingerprint density at radius 2 is 2.60 bits per heavy atom. The summed E-state index contributed by atoms with van der Waals surface area (Å²) < 4.78 is 1.73. The van der Waals surface area contributed by atoms with Crippen LogP contribution in [0, 0.1) is 0 Å². The third-order valence-corrected chi connectivity index (χ3v) is 1.05. The van der Waals surface area contributed by atoms with Crippen molar-refractivity contribution in [2.75, 3.05) is 13.7 Å². The first-order chi connectivity index (χ1) is 4.93. The van der Waals surface area contributed by atoms with Crippen LogP contribution in [0.1, 0.15) is 0 Å². The molecule has 5 nitrogen and oxygen atoms in total. The molecule has 56 valence electrons. The summed E-state index contributed by atoms with van der Waals surface area (Å²) in [6, 6.07) is 0. The average Bonchev–Trinajstić information content (AvgIpc) is 2.41. The van der Waals surface area contributed by atoms with E-state index in [1.807, 2.05) is 0 Å². The summed E-state index contributed by atoms with van der Waals surface area (Å²) >= 11 is 0. The SMILES string of the molecule is CONCCn1cncn1. The van der Waals surface area contributed by atoms with Crippen LogP contribution in [-0.2, 0) is 11.4 Å². The van der Waals surface area contributed by atoms with Gasteiger partial charge in [-0.3, -0.25) is 4.68 Å². The molecule has 0 fully saturated rings. The van der Waals surface area contributed by atoms with Crippen molar-refractivity contribution in [1.29, 1.82) is 0 Å². The molecule has 0 aliphatic carbocycles. The van der Waals surface area contributed by atoms with Crippen molar-refractivity contribution in [3.05, 3.63) is 12.7 Å². The van der Waals surface area contributed by atoms with Gasteiger partial charge in [0.25, 0.3) is 0 Å². The highest BCUT2D eigenvalue weighted by Gasteiger charge is 1.87. The van der Waals surface area contributed by atoms with Crippen LogP contribution in [0.2, 0.25) is 0 Å². The van der Waals surface area contributed by atoms with Gasteiger partial charge >= 0.3 is 0 Å². The van der Waals surface area contributed by atoms with Gasteiger partial charge in [0.1, 0.15) is 12.7 Å². The maximum Gasteiger partial charge on any atom is 0.137 e. The van der Waals surface area contributed by atoms with Crippen molar-refractivity contribution in [3.63, 3.8) is 0 Å². The van der Waals surface area contributed by atoms with E-state index in [-0.39, 0.29) is 0 Å². The van der Waals surface area contributed by atoms with Gasteiger partial charge in [-0.05, 0) is 0 Å². The van der Waals surface area contributed by atoms with Gasteiger partial charge in [0, 0.05) is 6.54 Å². The topological polar surface area (TPSA) is 52.0 Å². The molecule has 0 unspecified atom stereocenters. The van der Waals surface area contributed by atoms with Crippen molar-refractivity contribution >= 4 is 0 Å². The van der Waals surface area contributed by atoms with Gasteiger partial charge in [-0.1, -0.05) is 0 Å². The lowest BCUT2D eigenvalue weighted by Crippen LogP contribution is -2.18. The first-order valence-electron chi connectivity index (χ1n) is 3.01. The lowest BCUT2D eigenvalue weighted by Gasteiger charge is -1.99. The van der Waals surface area contributed by atoms with Crippen LogP contribution in [0.5, 0.6) is 0 Å². The number of hydrogen-bond donors (Lipinski definition) is 1. The molecule has 0 saturated carbocycles. The average molecular weight is 142 g/mol. The molecule has 0 spiro atoms. The predicted octanol–water partition coefficient (Wildman–Crippen LogP) is -0.571. The highest BCUT2D eigenvalue weighted by Crippen LogP contribution is 1.76. The van der Waals surface area contributed by atoms with Gasteiger partial charge in [0.2, 0.25) is 0 Å². The molecular formula is C5H10N4O. The molecule has 1 aromatic rings. The van der Waals surface area contributed by atoms with Crippen LogP contribution in [0.25, 0.3) is 0 Å². The summed E-state index contributed by atoms with van der Waals surface area (Å²) in [6.45, 7) is 1.51. The van der Waals surface area contributed by atoms with E-state index in [1.165, 1.54) is 6.33 Å². The highest BCUT2D eigenvalue weighted by atomic mass is 16.6. The highest BCUT2D eigenvalue weighted by molar-refractivity contribution is 4.55. The Bertz CT molecular complexity index is 162. The number of nitrogens with zero attached hydrogens (tertiary/aromatic N) is 3. The maximum atomic E-state index is 4.63. The van der Waals surface area contributed by atoms with E-state index in [4.69, 9.17) is 0 Å². The monoisotopic (exact) mass is 142 g/mol. The van der Waals surface area contributed by atoms with Crippen molar-refractivity contribution < 1.29 is 4.84 Å². The van der Waals surface area contributed by atoms with Crippen molar-refractivity contribution in [3.8, 4) is 0 Å². The molecule has 1 heterocycles. The van der Waals surface area contributed by atoms with Gasteiger partial charge < -0.3 is 4.84 Å². The summed E-state index contributed by atoms with van der Waals surface area (Å²) in [5.41, 5.74) is 2.70. The van der Waals surface area contributed by atoms with Crippen LogP contribution >= 0.6 is 0 Å². The van der Waals surface area contributed by atoms with Gasteiger partial charge in [0.05, 0.1) is 13.7 Å². The molecule has 0 radical (unpaired) electrons. The minimum atomic E-state index is 0.736. The lowest BCUT2D eigenvalue weighted by molar-refractivity contribution is 0.0884. The largest absolute Gasteiger partial charge is 0.305 e. The molecule has 1 aromatic heterocycles. The summed E-state index contributed by atoms with van der Waals surface area (Å²) in [7, 11) is 1.58. The lowest BCUT2D eigenvalue weighted by atomic mass is 10.7. The first-order valence-corrected chi connectivity index (χ1v) is 3.01. The standard InChI is InChI=1S/C5H10N4O/c1-10-8-2-3-9-5-6-4-7-9/h4-5,8H,2-3H2,1H3. The normalized spacial score (nSPS) is 10.1. The fourth-order valence-electron chi connectivity index (χ4n) is 0.610. The zero-order valence-electron chi connectivity index (χ0n) is 5.82. The molecule has 5 heteroatoms. The van der Waals surface area contributed by atoms with E-state index in [0.29, 0.717) is 0 Å². The third-order valence-electron chi connectivity index (χ3n) is 1.05. The summed E-state index contributed by atoms with van der Waals surface area (Å²) in [6.07, 6.45) is 3.17. The molecule has 10 heavy (non-hydrogen) atoms. The van der Waals surface area contributed by atoms with E-state index in [2.05, 4.69) is 20.4 Å². The molecule has 0 aromatic carbocycles. The van der Waals surface area contributed by atoms with E-state index < -0.39 is 0 Å². The van der Waals surface area contributed by atoms with Gasteiger partial charge in [-0.25, -0.2) is 10.5 Å². The van der Waals surface area contributed by atoms with Gasteiger partial charge in [-0.15, -0.1) is 0 Å². The number of aromatic nitrogens is 3. The molecular weight excluding hydrogens is 132 g/mol. The van der Waals surface area contributed by atoms with Gasteiger partial charge in [-0.2, -0.15) is 5.10 Å². The summed E-state index contributed by atoms with van der Waals surface area (Å²) in [4.78, 5) is 8.41. The number of nitrogens with one attached hydrogen (secondary N) is 1. The van der Waals surface area contributed by atoms with E-state index in [1.54, 1.807) is 18.1 Å². The molecule has 0 aliphatic rings. The van der Waals surface area contributed by atoms with E-state index >= 15 is 0 Å². The Morgan fingerprint density at radius 3 is 3.20 bits per heavy atom. The Hall–Kier alpha value is -0.940. The Labute approximate surface area is 59.0 Å². The second kappa shape index (κ2) is 3.97. The van der Waals surface area contributed by atoms with E-state index in [0.717, 1.165) is 13.1 Å². The molecule has 0 bridgehead atoms. The molecule has 1 rings (SSSR count). The molecule has 0 atom stereocenters. The first kappa shape index (κ1) is 7.17. The summed E-state index contributed by atoms with van der Waals surface area (Å²) in [5, 5.41) is 3.90. The van der Waals surface area contributed by atoms with Crippen molar-refractivity contribution in [2.45, 2.75) is 6.54 Å². The predicted molar refractivity (Wildman–Crippen MR) is 35.0 cm³/mol. The summed E-state index contributed by atoms with van der Waals surface area (Å²) in [5.74, 6) is 0. The van der Waals surface area contributed by atoms with Crippen molar-refractivity contribution in [1.82, 2.24) is 20.2 Å². The van der Waals surface area contributed by atoms with Crippen LogP contribution in [0.3, 0.4) is 0 Å². The van der Waals surface area contributed by atoms with Gasteiger partial charge in [0.15, 0.2) is 0 Å². The number of hydroxylamine groups is 1. The quantitative estimate of drug-likeness (QED) is 0.452. The number of rotatable bonds is 4. The molecule has 0 aliphatic heterocycles. The smallest absolute Gasteiger partial charge is 0.137 e. The second-order valence-electron chi connectivity index (χ2n) is 1.76. The Morgan fingerprint density at radius 1 is 1.70 bits per heavy atom. The second-order valence-corrected chi connectivity index (χ2v) is 1.76. The molecule has 1 N–H and O–H groups in total. The number of hydrogen-bond acceptors (Lipinski definition) is 4. The zero-order valence-corrected chi connectivity index (χ0v) is 5.82. The minimum Gasteiger partial charge on any atom is -0.305 e. The van der Waals surface area contributed by atoms with E-state index in [9.17, 15) is 0 Å². The van der Waals surface area contributed by atoms with Crippen LogP contribution < -0.4 is 5.48 Å². The van der Waals surface area contributed by atoms with Crippen molar-refractivity contribution in [2.24, 2.45) is 0 Å². The maximum absolute atomic E-state index is 4.63.